The van der Waals surface area contributed by atoms with Gasteiger partial charge in [0.05, 0.1) is 26.0 Å². The average Bonchev–Trinajstić information content (AvgIpc) is 2.69. The molecule has 6 heteroatoms. The van der Waals surface area contributed by atoms with Crippen LogP contribution in [-0.4, -0.2) is 20.2 Å². The fourth-order valence-corrected chi connectivity index (χ4v) is 2.48. The molecule has 0 N–H and O–H groups in total. The zero-order valence-electron chi connectivity index (χ0n) is 15.4. The van der Waals surface area contributed by atoms with Crippen LogP contribution in [-0.2, 0) is 20.4 Å². The summed E-state index contributed by atoms with van der Waals surface area (Å²) in [7, 11) is 2.71. The molecule has 28 heavy (non-hydrogen) atoms. The number of esters is 1. The van der Waals surface area contributed by atoms with E-state index in [9.17, 15) is 18.0 Å². The molecule has 0 saturated heterocycles. The molecule has 0 unspecified atom stereocenters. The number of carbonyl (C=O) groups is 1. The summed E-state index contributed by atoms with van der Waals surface area (Å²) in [5.74, 6) is -0.540. The van der Waals surface area contributed by atoms with Crippen LogP contribution >= 0.6 is 0 Å². The Hall–Kier alpha value is -3.28. The van der Waals surface area contributed by atoms with Gasteiger partial charge in [-0.1, -0.05) is 60.7 Å². The van der Waals surface area contributed by atoms with Crippen LogP contribution in [0.3, 0.4) is 0 Å². The lowest BCUT2D eigenvalue weighted by molar-refractivity contribution is -0.137. The highest BCUT2D eigenvalue weighted by molar-refractivity contribution is 6.17. The molecule has 0 radical (unpaired) electrons. The van der Waals surface area contributed by atoms with Gasteiger partial charge < -0.3 is 9.47 Å². The van der Waals surface area contributed by atoms with E-state index >= 15 is 0 Å². The molecule has 0 saturated carbocycles. The number of alkyl halides is 3. The Morgan fingerprint density at radius 2 is 1.68 bits per heavy atom. The second-order valence-corrected chi connectivity index (χ2v) is 5.69. The summed E-state index contributed by atoms with van der Waals surface area (Å²) in [5.41, 5.74) is 1.33. The van der Waals surface area contributed by atoms with Crippen LogP contribution in [0.25, 0.3) is 17.7 Å². The van der Waals surface area contributed by atoms with Gasteiger partial charge in [0, 0.05) is 0 Å². The lowest BCUT2D eigenvalue weighted by Gasteiger charge is -2.08. The van der Waals surface area contributed by atoms with E-state index in [0.717, 1.165) is 17.7 Å². The molecule has 0 aliphatic heterocycles. The normalized spacial score (nSPS) is 12.5. The first kappa shape index (κ1) is 21.0. The van der Waals surface area contributed by atoms with Gasteiger partial charge in [-0.25, -0.2) is 4.79 Å². The van der Waals surface area contributed by atoms with Gasteiger partial charge in [0.15, 0.2) is 0 Å². The SMILES string of the molecule is CO/C=C(/C(=O)OC)c1ccccc1/C=C/C=C/c1cccc(C(F)(F)F)c1. The molecule has 146 valence electrons. The fourth-order valence-electron chi connectivity index (χ4n) is 2.48. The molecule has 0 amide bonds. The fraction of sp³-hybridized carbons (Fsp3) is 0.136. The van der Waals surface area contributed by atoms with Crippen molar-refractivity contribution in [3.05, 3.63) is 89.2 Å². The second kappa shape index (κ2) is 9.60. The molecule has 0 bridgehead atoms. The summed E-state index contributed by atoms with van der Waals surface area (Å²) in [4.78, 5) is 12.0. The molecular formula is C22H19F3O3. The molecule has 2 rings (SSSR count). The van der Waals surface area contributed by atoms with Crippen LogP contribution < -0.4 is 0 Å². The minimum Gasteiger partial charge on any atom is -0.503 e. The van der Waals surface area contributed by atoms with Crippen LogP contribution in [0.4, 0.5) is 13.2 Å². The van der Waals surface area contributed by atoms with Gasteiger partial charge in [-0.05, 0) is 28.8 Å². The third-order valence-electron chi connectivity index (χ3n) is 3.78. The van der Waals surface area contributed by atoms with Crippen molar-refractivity contribution in [1.82, 2.24) is 0 Å². The van der Waals surface area contributed by atoms with Gasteiger partial charge in [0.2, 0.25) is 0 Å². The third kappa shape index (κ3) is 5.61. The van der Waals surface area contributed by atoms with Crippen LogP contribution in [0, 0.1) is 0 Å². The highest BCUT2D eigenvalue weighted by Gasteiger charge is 2.30. The van der Waals surface area contributed by atoms with Gasteiger partial charge in [0.1, 0.15) is 5.57 Å². The summed E-state index contributed by atoms with van der Waals surface area (Å²) in [6.45, 7) is 0. The first-order valence-electron chi connectivity index (χ1n) is 8.29. The highest BCUT2D eigenvalue weighted by Crippen LogP contribution is 2.29. The van der Waals surface area contributed by atoms with E-state index in [1.807, 2.05) is 0 Å². The van der Waals surface area contributed by atoms with E-state index < -0.39 is 17.7 Å². The number of halogens is 3. The summed E-state index contributed by atoms with van der Waals surface area (Å²) in [5, 5.41) is 0. The zero-order valence-corrected chi connectivity index (χ0v) is 15.4. The molecule has 0 aliphatic rings. The van der Waals surface area contributed by atoms with E-state index in [0.29, 0.717) is 11.1 Å². The molecule has 0 aliphatic carbocycles. The van der Waals surface area contributed by atoms with Gasteiger partial charge >= 0.3 is 12.1 Å². The van der Waals surface area contributed by atoms with Gasteiger partial charge in [-0.15, -0.1) is 0 Å². The molecule has 2 aromatic carbocycles. The largest absolute Gasteiger partial charge is 0.503 e. The van der Waals surface area contributed by atoms with Crippen LogP contribution in [0.5, 0.6) is 0 Å². The molecule has 2 aromatic rings. The average molecular weight is 388 g/mol. The Kier molecular flexibility index (Phi) is 7.21. The number of ether oxygens (including phenoxy) is 2. The quantitative estimate of drug-likeness (QED) is 0.280. The predicted molar refractivity (Wildman–Crippen MR) is 103 cm³/mol. The summed E-state index contributed by atoms with van der Waals surface area (Å²) >= 11 is 0. The van der Waals surface area contributed by atoms with Gasteiger partial charge in [0.25, 0.3) is 0 Å². The van der Waals surface area contributed by atoms with Crippen LogP contribution in [0.2, 0.25) is 0 Å². The van der Waals surface area contributed by atoms with E-state index in [-0.39, 0.29) is 5.57 Å². The Labute approximate surface area is 161 Å². The summed E-state index contributed by atoms with van der Waals surface area (Å²) in [6.07, 6.45) is 3.55. The van der Waals surface area contributed by atoms with Crippen molar-refractivity contribution in [3.8, 4) is 0 Å². The maximum atomic E-state index is 12.8. The zero-order chi connectivity index (χ0) is 20.6. The number of methoxy groups -OCH3 is 2. The molecule has 0 atom stereocenters. The molecule has 0 heterocycles. The number of benzene rings is 2. The summed E-state index contributed by atoms with van der Waals surface area (Å²) < 4.78 is 48.0. The molecule has 0 fully saturated rings. The maximum Gasteiger partial charge on any atom is 0.416 e. The number of carbonyl (C=O) groups excluding carboxylic acids is 1. The first-order valence-corrected chi connectivity index (χ1v) is 8.29. The van der Waals surface area contributed by atoms with E-state index in [1.165, 1.54) is 26.5 Å². The lowest BCUT2D eigenvalue weighted by Crippen LogP contribution is -2.05. The van der Waals surface area contributed by atoms with E-state index in [1.54, 1.807) is 54.6 Å². The minimum absolute atomic E-state index is 0.257. The smallest absolute Gasteiger partial charge is 0.416 e. The molecule has 3 nitrogen and oxygen atoms in total. The van der Waals surface area contributed by atoms with Crippen molar-refractivity contribution in [3.63, 3.8) is 0 Å². The Morgan fingerprint density at radius 3 is 2.36 bits per heavy atom. The van der Waals surface area contributed by atoms with Crippen LogP contribution in [0.1, 0.15) is 22.3 Å². The first-order chi connectivity index (χ1) is 13.4. The number of hydrogen-bond acceptors (Lipinski definition) is 3. The number of allylic oxidation sites excluding steroid dienone is 2. The third-order valence-corrected chi connectivity index (χ3v) is 3.78. The van der Waals surface area contributed by atoms with Crippen LogP contribution in [0.15, 0.2) is 66.9 Å². The minimum atomic E-state index is -4.38. The Balaban J connectivity index is 2.25. The number of rotatable bonds is 6. The Bertz CT molecular complexity index is 909. The predicted octanol–water partition coefficient (Wildman–Crippen LogP) is 5.59. The summed E-state index contributed by atoms with van der Waals surface area (Å²) in [6, 6.07) is 12.2. The molecule has 0 aromatic heterocycles. The van der Waals surface area contributed by atoms with Crippen molar-refractivity contribution < 1.29 is 27.4 Å². The van der Waals surface area contributed by atoms with E-state index in [2.05, 4.69) is 0 Å². The maximum absolute atomic E-state index is 12.8. The number of hydrogen-bond donors (Lipinski definition) is 0. The lowest BCUT2D eigenvalue weighted by atomic mass is 10.00. The molecule has 0 spiro atoms. The second-order valence-electron chi connectivity index (χ2n) is 5.69. The van der Waals surface area contributed by atoms with Gasteiger partial charge in [-0.3, -0.25) is 0 Å². The highest BCUT2D eigenvalue weighted by atomic mass is 19.4. The van der Waals surface area contributed by atoms with Crippen molar-refractivity contribution in [1.29, 1.82) is 0 Å². The molecular weight excluding hydrogens is 369 g/mol. The topological polar surface area (TPSA) is 35.5 Å². The van der Waals surface area contributed by atoms with E-state index in [4.69, 9.17) is 9.47 Å². The van der Waals surface area contributed by atoms with Crippen molar-refractivity contribution >= 4 is 23.7 Å². The monoisotopic (exact) mass is 388 g/mol. The Morgan fingerprint density at radius 1 is 0.964 bits per heavy atom. The van der Waals surface area contributed by atoms with Crippen molar-refractivity contribution in [2.45, 2.75) is 6.18 Å². The standard InChI is InChI=1S/C22H19F3O3/c1-27-15-20(21(26)28-2)19-13-6-5-11-17(19)10-4-3-8-16-9-7-12-18(14-16)22(23,24)25/h3-15H,1-2H3/b8-3+,10-4+,20-15+. The van der Waals surface area contributed by atoms with Gasteiger partial charge in [-0.2, -0.15) is 13.2 Å². The van der Waals surface area contributed by atoms with Crippen molar-refractivity contribution in [2.75, 3.05) is 14.2 Å². The van der Waals surface area contributed by atoms with Crippen molar-refractivity contribution in [2.24, 2.45) is 0 Å².